The molecular formula is C12H12N4O. The Morgan fingerprint density at radius 2 is 2.06 bits per heavy atom. The van der Waals surface area contributed by atoms with Crippen molar-refractivity contribution < 1.29 is 4.74 Å². The number of hydrogen-bond donors (Lipinski definition) is 0. The van der Waals surface area contributed by atoms with Crippen LogP contribution < -0.4 is 4.74 Å². The molecule has 1 aromatic carbocycles. The van der Waals surface area contributed by atoms with E-state index < -0.39 is 0 Å². The molecule has 5 nitrogen and oxygen atoms in total. The highest BCUT2D eigenvalue weighted by atomic mass is 16.5. The molecule has 2 aromatic rings. The average molecular weight is 228 g/mol. The van der Waals surface area contributed by atoms with E-state index in [4.69, 9.17) is 4.74 Å². The number of benzene rings is 1. The van der Waals surface area contributed by atoms with Crippen LogP contribution in [0.5, 0.6) is 5.75 Å². The molecular weight excluding hydrogens is 216 g/mol. The third-order valence-electron chi connectivity index (χ3n) is 2.11. The van der Waals surface area contributed by atoms with Gasteiger partial charge in [0.25, 0.3) is 0 Å². The minimum atomic E-state index is 0.542. The van der Waals surface area contributed by atoms with E-state index in [0.717, 1.165) is 11.4 Å². The standard InChI is InChI=1S/C12H12N4O/c1-3-4-5-12-13-15-16(14-12)10-6-8-11(17-2)9-7-10/h3-9H,1H2,2H3/b5-4+. The zero-order chi connectivity index (χ0) is 12.1. The Morgan fingerprint density at radius 3 is 2.71 bits per heavy atom. The minimum Gasteiger partial charge on any atom is -0.497 e. The lowest BCUT2D eigenvalue weighted by Crippen LogP contribution is -1.98. The fourth-order valence-corrected chi connectivity index (χ4v) is 1.27. The molecule has 0 saturated carbocycles. The zero-order valence-corrected chi connectivity index (χ0v) is 9.45. The number of tetrazole rings is 1. The summed E-state index contributed by atoms with van der Waals surface area (Å²) in [5.41, 5.74) is 0.830. The summed E-state index contributed by atoms with van der Waals surface area (Å²) in [7, 11) is 1.63. The Bertz CT molecular complexity index is 528. The fourth-order valence-electron chi connectivity index (χ4n) is 1.27. The topological polar surface area (TPSA) is 52.8 Å². The van der Waals surface area contributed by atoms with Gasteiger partial charge in [-0.25, -0.2) is 0 Å². The van der Waals surface area contributed by atoms with Gasteiger partial charge >= 0.3 is 0 Å². The Hall–Kier alpha value is -2.43. The summed E-state index contributed by atoms with van der Waals surface area (Å²) in [6.45, 7) is 3.58. The van der Waals surface area contributed by atoms with E-state index in [-0.39, 0.29) is 0 Å². The van der Waals surface area contributed by atoms with Gasteiger partial charge in [-0.05, 0) is 35.6 Å². The van der Waals surface area contributed by atoms with E-state index in [9.17, 15) is 0 Å². The second-order valence-corrected chi connectivity index (χ2v) is 3.23. The van der Waals surface area contributed by atoms with Crippen LogP contribution in [0.1, 0.15) is 5.82 Å². The molecule has 0 aliphatic carbocycles. The molecule has 0 aliphatic rings. The Morgan fingerprint density at radius 1 is 1.29 bits per heavy atom. The predicted molar refractivity (Wildman–Crippen MR) is 64.9 cm³/mol. The van der Waals surface area contributed by atoms with Crippen LogP contribution in [-0.2, 0) is 0 Å². The van der Waals surface area contributed by atoms with Crippen LogP contribution in [0.3, 0.4) is 0 Å². The molecule has 0 fully saturated rings. The highest BCUT2D eigenvalue weighted by Crippen LogP contribution is 2.13. The molecule has 86 valence electrons. The molecule has 0 amide bonds. The second-order valence-electron chi connectivity index (χ2n) is 3.23. The van der Waals surface area contributed by atoms with E-state index in [1.54, 1.807) is 25.3 Å². The maximum absolute atomic E-state index is 5.08. The molecule has 0 radical (unpaired) electrons. The first-order chi connectivity index (χ1) is 8.33. The quantitative estimate of drug-likeness (QED) is 0.749. The number of nitrogens with zero attached hydrogens (tertiary/aromatic N) is 4. The second kappa shape index (κ2) is 5.07. The molecule has 0 N–H and O–H groups in total. The molecule has 0 saturated heterocycles. The summed E-state index contributed by atoms with van der Waals surface area (Å²) < 4.78 is 5.08. The molecule has 0 spiro atoms. The normalized spacial score (nSPS) is 10.6. The Labute approximate surface area is 99.0 Å². The van der Waals surface area contributed by atoms with E-state index in [2.05, 4.69) is 22.0 Å². The SMILES string of the molecule is C=C/C=C/c1nnn(-c2ccc(OC)cc2)n1. The van der Waals surface area contributed by atoms with Gasteiger partial charge in [0.05, 0.1) is 12.8 Å². The van der Waals surface area contributed by atoms with Crippen molar-refractivity contribution in [2.24, 2.45) is 0 Å². The van der Waals surface area contributed by atoms with Crippen LogP contribution >= 0.6 is 0 Å². The van der Waals surface area contributed by atoms with Crippen LogP contribution in [0.25, 0.3) is 11.8 Å². The lowest BCUT2D eigenvalue weighted by atomic mass is 10.3. The van der Waals surface area contributed by atoms with E-state index in [1.165, 1.54) is 4.80 Å². The van der Waals surface area contributed by atoms with Gasteiger partial charge in [-0.2, -0.15) is 0 Å². The predicted octanol–water partition coefficient (Wildman–Crippen LogP) is 1.87. The zero-order valence-electron chi connectivity index (χ0n) is 9.45. The van der Waals surface area contributed by atoms with E-state index in [1.807, 2.05) is 24.3 Å². The summed E-state index contributed by atoms with van der Waals surface area (Å²) in [6, 6.07) is 7.42. The number of aromatic nitrogens is 4. The van der Waals surface area contributed by atoms with Crippen molar-refractivity contribution in [3.8, 4) is 11.4 Å². The minimum absolute atomic E-state index is 0.542. The van der Waals surface area contributed by atoms with Crippen LogP contribution in [0.2, 0.25) is 0 Å². The lowest BCUT2D eigenvalue weighted by Gasteiger charge is -2.00. The van der Waals surface area contributed by atoms with Crippen LogP contribution in [0.4, 0.5) is 0 Å². The molecule has 0 bridgehead atoms. The molecule has 5 heteroatoms. The van der Waals surface area contributed by atoms with Gasteiger partial charge in [0, 0.05) is 0 Å². The van der Waals surface area contributed by atoms with Crippen molar-refractivity contribution in [3.63, 3.8) is 0 Å². The highest BCUT2D eigenvalue weighted by Gasteiger charge is 2.01. The molecule has 1 heterocycles. The third-order valence-corrected chi connectivity index (χ3v) is 2.11. The van der Waals surface area contributed by atoms with Crippen LogP contribution in [-0.4, -0.2) is 27.3 Å². The summed E-state index contributed by atoms with van der Waals surface area (Å²) in [6.07, 6.45) is 5.16. The Kier molecular flexibility index (Phi) is 3.30. The smallest absolute Gasteiger partial charge is 0.198 e. The average Bonchev–Trinajstić information content (AvgIpc) is 2.85. The summed E-state index contributed by atoms with van der Waals surface area (Å²) in [4.78, 5) is 1.46. The maximum Gasteiger partial charge on any atom is 0.198 e. The number of methoxy groups -OCH3 is 1. The maximum atomic E-state index is 5.08. The van der Waals surface area contributed by atoms with Crippen molar-refractivity contribution in [1.82, 2.24) is 20.2 Å². The van der Waals surface area contributed by atoms with Crippen molar-refractivity contribution in [3.05, 3.63) is 48.8 Å². The first kappa shape index (κ1) is 11.1. The van der Waals surface area contributed by atoms with Crippen molar-refractivity contribution >= 4 is 6.08 Å². The largest absolute Gasteiger partial charge is 0.497 e. The molecule has 0 unspecified atom stereocenters. The molecule has 17 heavy (non-hydrogen) atoms. The molecule has 0 aliphatic heterocycles. The monoisotopic (exact) mass is 228 g/mol. The lowest BCUT2D eigenvalue weighted by molar-refractivity contribution is 0.414. The van der Waals surface area contributed by atoms with Crippen molar-refractivity contribution in [2.45, 2.75) is 0 Å². The van der Waals surface area contributed by atoms with E-state index >= 15 is 0 Å². The Balaban J connectivity index is 2.23. The third kappa shape index (κ3) is 2.57. The first-order valence-corrected chi connectivity index (χ1v) is 5.07. The summed E-state index contributed by atoms with van der Waals surface area (Å²) >= 11 is 0. The van der Waals surface area contributed by atoms with Gasteiger partial charge in [0.2, 0.25) is 0 Å². The number of rotatable bonds is 4. The summed E-state index contributed by atoms with van der Waals surface area (Å²) in [5.74, 6) is 1.33. The van der Waals surface area contributed by atoms with Gasteiger partial charge in [0.1, 0.15) is 5.75 Å². The summed E-state index contributed by atoms with van der Waals surface area (Å²) in [5, 5.41) is 12.0. The first-order valence-electron chi connectivity index (χ1n) is 5.07. The van der Waals surface area contributed by atoms with E-state index in [0.29, 0.717) is 5.82 Å². The number of ether oxygens (including phenoxy) is 1. The van der Waals surface area contributed by atoms with Crippen LogP contribution in [0.15, 0.2) is 43.0 Å². The van der Waals surface area contributed by atoms with Crippen LogP contribution in [0, 0.1) is 0 Å². The molecule has 2 rings (SSSR count). The highest BCUT2D eigenvalue weighted by molar-refractivity contribution is 5.42. The fraction of sp³-hybridized carbons (Fsp3) is 0.0833. The van der Waals surface area contributed by atoms with Gasteiger partial charge in [-0.15, -0.1) is 15.0 Å². The number of allylic oxidation sites excluding steroid dienone is 2. The number of hydrogen-bond acceptors (Lipinski definition) is 4. The van der Waals surface area contributed by atoms with Gasteiger partial charge in [-0.3, -0.25) is 0 Å². The van der Waals surface area contributed by atoms with Crippen molar-refractivity contribution in [1.29, 1.82) is 0 Å². The van der Waals surface area contributed by atoms with Gasteiger partial charge in [0.15, 0.2) is 5.82 Å². The molecule has 1 aromatic heterocycles. The van der Waals surface area contributed by atoms with Gasteiger partial charge < -0.3 is 4.74 Å². The van der Waals surface area contributed by atoms with Gasteiger partial charge in [-0.1, -0.05) is 18.7 Å². The molecule has 0 atom stereocenters. The van der Waals surface area contributed by atoms with Crippen molar-refractivity contribution in [2.75, 3.05) is 7.11 Å².